The second kappa shape index (κ2) is 5.49. The van der Waals surface area contributed by atoms with Gasteiger partial charge in [0.05, 0.1) is 10.4 Å². The fourth-order valence-corrected chi connectivity index (χ4v) is 2.54. The number of carboxylic acid groups (broad SMARTS) is 1. The van der Waals surface area contributed by atoms with Crippen molar-refractivity contribution in [3.05, 3.63) is 22.8 Å². The van der Waals surface area contributed by atoms with Crippen molar-refractivity contribution in [1.82, 2.24) is 4.98 Å². The Morgan fingerprint density at radius 2 is 2.12 bits per heavy atom. The van der Waals surface area contributed by atoms with E-state index in [-0.39, 0.29) is 5.92 Å². The third-order valence-electron chi connectivity index (χ3n) is 3.18. The van der Waals surface area contributed by atoms with Crippen LogP contribution in [0, 0.1) is 5.92 Å². The molecule has 0 amide bonds. The number of aliphatic carboxylic acids is 1. The van der Waals surface area contributed by atoms with Crippen LogP contribution in [0.2, 0.25) is 0 Å². The lowest BCUT2D eigenvalue weighted by Gasteiger charge is -2.27. The van der Waals surface area contributed by atoms with E-state index in [0.717, 1.165) is 36.0 Å². The van der Waals surface area contributed by atoms with E-state index in [1.807, 2.05) is 12.1 Å². The van der Waals surface area contributed by atoms with Gasteiger partial charge in [-0.05, 0) is 53.7 Å². The fourth-order valence-electron chi connectivity index (χ4n) is 2.17. The summed E-state index contributed by atoms with van der Waals surface area (Å²) >= 11 is 3.44. The molecule has 92 valence electrons. The molecule has 0 saturated heterocycles. The van der Waals surface area contributed by atoms with Crippen LogP contribution >= 0.6 is 15.9 Å². The molecule has 4 nitrogen and oxygen atoms in total. The van der Waals surface area contributed by atoms with Gasteiger partial charge in [0.15, 0.2) is 0 Å². The number of nitrogens with zero attached hydrogens (tertiary/aromatic N) is 1. The summed E-state index contributed by atoms with van der Waals surface area (Å²) in [4.78, 5) is 15.1. The minimum atomic E-state index is -0.664. The molecule has 1 aromatic rings. The van der Waals surface area contributed by atoms with Crippen molar-refractivity contribution in [2.24, 2.45) is 5.92 Å². The molecule has 1 saturated carbocycles. The summed E-state index contributed by atoms with van der Waals surface area (Å²) in [6.07, 6.45) is 5.02. The molecule has 1 aliphatic rings. The molecule has 0 radical (unpaired) electrons. The van der Waals surface area contributed by atoms with Crippen molar-refractivity contribution < 1.29 is 9.90 Å². The lowest BCUT2D eigenvalue weighted by Crippen LogP contribution is -2.29. The summed E-state index contributed by atoms with van der Waals surface area (Å²) in [5, 5.41) is 12.3. The molecule has 0 bridgehead atoms. The van der Waals surface area contributed by atoms with Gasteiger partial charge in [-0.25, -0.2) is 4.98 Å². The Labute approximate surface area is 109 Å². The number of aromatic nitrogens is 1. The number of carboxylic acids is 1. The minimum absolute atomic E-state index is 0.166. The zero-order valence-corrected chi connectivity index (χ0v) is 11.0. The maximum Gasteiger partial charge on any atom is 0.306 e. The van der Waals surface area contributed by atoms with Crippen LogP contribution in [-0.4, -0.2) is 22.1 Å². The van der Waals surface area contributed by atoms with Gasteiger partial charge in [0, 0.05) is 12.2 Å². The van der Waals surface area contributed by atoms with E-state index in [1.54, 1.807) is 6.20 Å². The maximum absolute atomic E-state index is 10.8. The maximum atomic E-state index is 10.8. The number of carbonyl (C=O) groups is 1. The Morgan fingerprint density at radius 3 is 2.71 bits per heavy atom. The van der Waals surface area contributed by atoms with Crippen LogP contribution in [0.3, 0.4) is 0 Å². The van der Waals surface area contributed by atoms with E-state index in [4.69, 9.17) is 5.11 Å². The number of nitrogens with one attached hydrogen (secondary N) is 1. The molecule has 0 aliphatic heterocycles. The Morgan fingerprint density at radius 1 is 1.41 bits per heavy atom. The van der Waals surface area contributed by atoms with Gasteiger partial charge in [-0.3, -0.25) is 4.79 Å². The summed E-state index contributed by atoms with van der Waals surface area (Å²) in [7, 11) is 0. The molecule has 1 heterocycles. The van der Waals surface area contributed by atoms with Gasteiger partial charge in [-0.1, -0.05) is 0 Å². The van der Waals surface area contributed by atoms with E-state index in [9.17, 15) is 4.79 Å². The first-order chi connectivity index (χ1) is 8.16. The van der Waals surface area contributed by atoms with Gasteiger partial charge in [0.2, 0.25) is 0 Å². The van der Waals surface area contributed by atoms with Crippen molar-refractivity contribution in [2.75, 3.05) is 5.32 Å². The van der Waals surface area contributed by atoms with E-state index >= 15 is 0 Å². The van der Waals surface area contributed by atoms with Crippen molar-refractivity contribution in [2.45, 2.75) is 31.7 Å². The normalized spacial score (nSPS) is 24.3. The summed E-state index contributed by atoms with van der Waals surface area (Å²) in [5.74, 6) is 0.00830. The van der Waals surface area contributed by atoms with Gasteiger partial charge in [-0.15, -0.1) is 0 Å². The van der Waals surface area contributed by atoms with Crippen LogP contribution in [0.1, 0.15) is 25.7 Å². The first kappa shape index (κ1) is 12.4. The molecular formula is C12H15BrN2O2. The monoisotopic (exact) mass is 298 g/mol. The predicted octanol–water partition coefficient (Wildman–Crippen LogP) is 2.90. The average Bonchev–Trinajstić information content (AvgIpc) is 2.33. The van der Waals surface area contributed by atoms with Gasteiger partial charge in [0.1, 0.15) is 5.82 Å². The lowest BCUT2D eigenvalue weighted by molar-refractivity contribution is -0.142. The van der Waals surface area contributed by atoms with Gasteiger partial charge in [-0.2, -0.15) is 0 Å². The molecule has 1 aliphatic carbocycles. The van der Waals surface area contributed by atoms with Crippen LogP contribution in [0.4, 0.5) is 5.82 Å². The van der Waals surface area contributed by atoms with E-state index in [0.29, 0.717) is 6.04 Å². The van der Waals surface area contributed by atoms with Crippen molar-refractivity contribution >= 4 is 27.7 Å². The number of halogens is 1. The van der Waals surface area contributed by atoms with Crippen molar-refractivity contribution in [1.29, 1.82) is 0 Å². The second-order valence-electron chi connectivity index (χ2n) is 4.36. The van der Waals surface area contributed by atoms with E-state index in [1.165, 1.54) is 0 Å². The Kier molecular flexibility index (Phi) is 3.99. The number of hydrogen-bond acceptors (Lipinski definition) is 3. The van der Waals surface area contributed by atoms with Crippen LogP contribution in [0.25, 0.3) is 0 Å². The van der Waals surface area contributed by atoms with E-state index in [2.05, 4.69) is 26.2 Å². The first-order valence-corrected chi connectivity index (χ1v) is 6.56. The highest BCUT2D eigenvalue weighted by Gasteiger charge is 2.26. The Hall–Kier alpha value is -1.10. The average molecular weight is 299 g/mol. The molecule has 0 unspecified atom stereocenters. The highest BCUT2D eigenvalue weighted by Crippen LogP contribution is 2.28. The topological polar surface area (TPSA) is 62.2 Å². The summed E-state index contributed by atoms with van der Waals surface area (Å²) in [6, 6.07) is 4.14. The first-order valence-electron chi connectivity index (χ1n) is 5.76. The van der Waals surface area contributed by atoms with Crippen molar-refractivity contribution in [3.63, 3.8) is 0 Å². The fraction of sp³-hybridized carbons (Fsp3) is 0.500. The molecule has 0 aromatic carbocycles. The standard InChI is InChI=1S/C12H15BrN2O2/c13-10-2-1-7-14-11(10)15-9-5-3-8(4-6-9)12(16)17/h1-2,7-9H,3-6H2,(H,14,15)(H,16,17). The predicted molar refractivity (Wildman–Crippen MR) is 68.9 cm³/mol. The van der Waals surface area contributed by atoms with Crippen LogP contribution < -0.4 is 5.32 Å². The largest absolute Gasteiger partial charge is 0.481 e. The molecule has 0 atom stereocenters. The summed E-state index contributed by atoms with van der Waals surface area (Å²) < 4.78 is 0.945. The third-order valence-corrected chi connectivity index (χ3v) is 3.82. The summed E-state index contributed by atoms with van der Waals surface area (Å²) in [6.45, 7) is 0. The zero-order valence-electron chi connectivity index (χ0n) is 9.40. The minimum Gasteiger partial charge on any atom is -0.481 e. The van der Waals surface area contributed by atoms with Gasteiger partial charge >= 0.3 is 5.97 Å². The molecule has 2 N–H and O–H groups in total. The summed E-state index contributed by atoms with van der Waals surface area (Å²) in [5.41, 5.74) is 0. The van der Waals surface area contributed by atoms with Crippen molar-refractivity contribution in [3.8, 4) is 0 Å². The molecule has 17 heavy (non-hydrogen) atoms. The van der Waals surface area contributed by atoms with Crippen LogP contribution in [0.5, 0.6) is 0 Å². The molecule has 2 rings (SSSR count). The van der Waals surface area contributed by atoms with Crippen LogP contribution in [0.15, 0.2) is 22.8 Å². The van der Waals surface area contributed by atoms with Crippen LogP contribution in [-0.2, 0) is 4.79 Å². The Balaban J connectivity index is 1.90. The second-order valence-corrected chi connectivity index (χ2v) is 5.22. The number of hydrogen-bond donors (Lipinski definition) is 2. The third kappa shape index (κ3) is 3.19. The lowest BCUT2D eigenvalue weighted by atomic mass is 9.86. The number of pyridine rings is 1. The molecule has 1 fully saturated rings. The van der Waals surface area contributed by atoms with Gasteiger partial charge < -0.3 is 10.4 Å². The SMILES string of the molecule is O=C(O)C1CCC(Nc2ncccc2Br)CC1. The number of rotatable bonds is 3. The van der Waals surface area contributed by atoms with Gasteiger partial charge in [0.25, 0.3) is 0 Å². The highest BCUT2D eigenvalue weighted by molar-refractivity contribution is 9.10. The highest BCUT2D eigenvalue weighted by atomic mass is 79.9. The molecule has 1 aromatic heterocycles. The molecule has 5 heteroatoms. The quantitative estimate of drug-likeness (QED) is 0.901. The smallest absolute Gasteiger partial charge is 0.306 e. The zero-order chi connectivity index (χ0) is 12.3. The molecule has 0 spiro atoms. The van der Waals surface area contributed by atoms with E-state index < -0.39 is 5.97 Å². The molecular weight excluding hydrogens is 284 g/mol. The Bertz CT molecular complexity index is 403. The number of anilines is 1.